The summed E-state index contributed by atoms with van der Waals surface area (Å²) in [5, 5.41) is 0. The number of anilines is 1. The SMILES string of the molecule is CC(=O)Cc1cccc(N2CCOC(C)(c3ccccc3)C2c2ccccc2)c1C. The molecule has 0 N–H and O–H groups in total. The van der Waals surface area contributed by atoms with Crippen LogP contribution in [0.25, 0.3) is 0 Å². The second-order valence-electron chi connectivity index (χ2n) is 8.27. The smallest absolute Gasteiger partial charge is 0.134 e. The van der Waals surface area contributed by atoms with Crippen LogP contribution in [0.1, 0.15) is 42.1 Å². The molecule has 0 aromatic heterocycles. The van der Waals surface area contributed by atoms with Crippen LogP contribution in [0.4, 0.5) is 5.69 Å². The largest absolute Gasteiger partial charge is 0.366 e. The fraction of sp³-hybridized carbons (Fsp3) is 0.296. The van der Waals surface area contributed by atoms with E-state index in [1.807, 2.05) is 6.07 Å². The topological polar surface area (TPSA) is 29.5 Å². The van der Waals surface area contributed by atoms with Gasteiger partial charge in [-0.2, -0.15) is 0 Å². The molecule has 30 heavy (non-hydrogen) atoms. The lowest BCUT2D eigenvalue weighted by Crippen LogP contribution is -2.51. The first-order chi connectivity index (χ1) is 14.5. The summed E-state index contributed by atoms with van der Waals surface area (Å²) in [6.07, 6.45) is 0.468. The van der Waals surface area contributed by atoms with Crippen molar-refractivity contribution in [3.05, 3.63) is 101 Å². The van der Waals surface area contributed by atoms with E-state index in [1.54, 1.807) is 6.92 Å². The predicted molar refractivity (Wildman–Crippen MR) is 122 cm³/mol. The molecule has 0 spiro atoms. The van der Waals surface area contributed by atoms with Crippen molar-refractivity contribution in [1.29, 1.82) is 0 Å². The lowest BCUT2D eigenvalue weighted by molar-refractivity contribution is -0.116. The Labute approximate surface area is 179 Å². The standard InChI is InChI=1S/C27H29NO2/c1-20(29)19-23-13-10-16-25(21(23)2)28-17-18-30-27(3,24-14-8-5-9-15-24)26(28)22-11-6-4-7-12-22/h4-16,26H,17-19H2,1-3H3. The fourth-order valence-corrected chi connectivity index (χ4v) is 4.71. The van der Waals surface area contributed by atoms with E-state index in [0.717, 1.165) is 12.1 Å². The molecule has 0 saturated carbocycles. The van der Waals surface area contributed by atoms with Crippen molar-refractivity contribution in [3.8, 4) is 0 Å². The van der Waals surface area contributed by atoms with Gasteiger partial charge >= 0.3 is 0 Å². The van der Waals surface area contributed by atoms with Crippen LogP contribution in [0.15, 0.2) is 78.9 Å². The van der Waals surface area contributed by atoms with E-state index in [4.69, 9.17) is 4.74 Å². The number of nitrogens with zero attached hydrogens (tertiary/aromatic N) is 1. The van der Waals surface area contributed by atoms with Crippen molar-refractivity contribution >= 4 is 11.5 Å². The van der Waals surface area contributed by atoms with Gasteiger partial charge < -0.3 is 9.64 Å². The number of benzene rings is 3. The summed E-state index contributed by atoms with van der Waals surface area (Å²) >= 11 is 0. The normalized spacial score (nSPS) is 21.4. The van der Waals surface area contributed by atoms with Gasteiger partial charge in [0.05, 0.1) is 12.6 Å². The highest BCUT2D eigenvalue weighted by atomic mass is 16.5. The maximum absolute atomic E-state index is 11.8. The molecule has 3 nitrogen and oxygen atoms in total. The number of hydrogen-bond acceptors (Lipinski definition) is 3. The van der Waals surface area contributed by atoms with Crippen molar-refractivity contribution in [1.82, 2.24) is 0 Å². The molecule has 2 atom stereocenters. The zero-order chi connectivity index (χ0) is 21.1. The number of morpholine rings is 1. The predicted octanol–water partition coefficient (Wildman–Crippen LogP) is 5.62. The molecule has 3 aromatic carbocycles. The zero-order valence-electron chi connectivity index (χ0n) is 18.0. The Bertz CT molecular complexity index is 1020. The fourth-order valence-electron chi connectivity index (χ4n) is 4.71. The van der Waals surface area contributed by atoms with Crippen molar-refractivity contribution in [2.24, 2.45) is 0 Å². The maximum atomic E-state index is 11.8. The Balaban J connectivity index is 1.86. The average Bonchev–Trinajstić information content (AvgIpc) is 2.76. The molecule has 1 heterocycles. The van der Waals surface area contributed by atoms with Gasteiger partial charge in [-0.05, 0) is 49.1 Å². The molecule has 1 aliphatic rings. The summed E-state index contributed by atoms with van der Waals surface area (Å²) in [7, 11) is 0. The number of hydrogen-bond donors (Lipinski definition) is 0. The highest BCUT2D eigenvalue weighted by Crippen LogP contribution is 2.47. The molecular formula is C27H29NO2. The summed E-state index contributed by atoms with van der Waals surface area (Å²) in [6.45, 7) is 7.42. The van der Waals surface area contributed by atoms with Crippen LogP contribution in [-0.4, -0.2) is 18.9 Å². The monoisotopic (exact) mass is 399 g/mol. The Morgan fingerprint density at radius 3 is 2.33 bits per heavy atom. The number of carbonyl (C=O) groups excluding carboxylic acids is 1. The quantitative estimate of drug-likeness (QED) is 0.558. The number of Topliss-reactive ketones (excluding diaryl/α,β-unsaturated/α-hetero) is 1. The zero-order valence-corrected chi connectivity index (χ0v) is 18.0. The third kappa shape index (κ3) is 3.78. The van der Waals surface area contributed by atoms with Crippen LogP contribution in [0.2, 0.25) is 0 Å². The third-order valence-corrected chi connectivity index (χ3v) is 6.20. The summed E-state index contributed by atoms with van der Waals surface area (Å²) in [5.41, 5.74) is 5.34. The molecule has 1 fully saturated rings. The number of rotatable bonds is 5. The molecule has 2 unspecified atom stereocenters. The molecule has 1 saturated heterocycles. The van der Waals surface area contributed by atoms with Gasteiger partial charge in [-0.3, -0.25) is 4.79 Å². The van der Waals surface area contributed by atoms with Crippen LogP contribution in [-0.2, 0) is 21.6 Å². The minimum Gasteiger partial charge on any atom is -0.366 e. The Morgan fingerprint density at radius 1 is 1.00 bits per heavy atom. The van der Waals surface area contributed by atoms with Crippen molar-refractivity contribution in [2.75, 3.05) is 18.1 Å². The van der Waals surface area contributed by atoms with Crippen LogP contribution >= 0.6 is 0 Å². The van der Waals surface area contributed by atoms with E-state index in [1.165, 1.54) is 22.4 Å². The van der Waals surface area contributed by atoms with Gasteiger partial charge in [0.15, 0.2) is 0 Å². The molecule has 0 aliphatic carbocycles. The van der Waals surface area contributed by atoms with Gasteiger partial charge in [-0.25, -0.2) is 0 Å². The van der Waals surface area contributed by atoms with Gasteiger partial charge in [0.1, 0.15) is 11.4 Å². The van der Waals surface area contributed by atoms with Crippen molar-refractivity contribution < 1.29 is 9.53 Å². The highest BCUT2D eigenvalue weighted by Gasteiger charge is 2.45. The second kappa shape index (κ2) is 8.45. The second-order valence-corrected chi connectivity index (χ2v) is 8.27. The van der Waals surface area contributed by atoms with Crippen molar-refractivity contribution in [2.45, 2.75) is 38.8 Å². The molecule has 4 rings (SSSR count). The first-order valence-electron chi connectivity index (χ1n) is 10.6. The first kappa shape index (κ1) is 20.4. The van der Waals surface area contributed by atoms with E-state index >= 15 is 0 Å². The maximum Gasteiger partial charge on any atom is 0.134 e. The lowest BCUT2D eigenvalue weighted by atomic mass is 9.81. The van der Waals surface area contributed by atoms with E-state index in [2.05, 4.69) is 91.5 Å². The lowest BCUT2D eigenvalue weighted by Gasteiger charge is -2.50. The minimum absolute atomic E-state index is 0.0149. The summed E-state index contributed by atoms with van der Waals surface area (Å²) < 4.78 is 6.51. The summed E-state index contributed by atoms with van der Waals surface area (Å²) in [5.74, 6) is 0.186. The molecule has 1 aliphatic heterocycles. The summed E-state index contributed by atoms with van der Waals surface area (Å²) in [4.78, 5) is 14.3. The number of ether oxygens (including phenoxy) is 1. The number of carbonyl (C=O) groups is 1. The Morgan fingerprint density at radius 2 is 1.67 bits per heavy atom. The highest BCUT2D eigenvalue weighted by molar-refractivity contribution is 5.79. The third-order valence-electron chi connectivity index (χ3n) is 6.20. The van der Waals surface area contributed by atoms with Gasteiger partial charge in [0.2, 0.25) is 0 Å². The van der Waals surface area contributed by atoms with Crippen LogP contribution in [0.3, 0.4) is 0 Å². The molecule has 3 aromatic rings. The van der Waals surface area contributed by atoms with Crippen LogP contribution in [0.5, 0.6) is 0 Å². The number of ketones is 1. The van der Waals surface area contributed by atoms with Crippen molar-refractivity contribution in [3.63, 3.8) is 0 Å². The molecular weight excluding hydrogens is 370 g/mol. The van der Waals surface area contributed by atoms with Crippen LogP contribution in [0, 0.1) is 6.92 Å². The first-order valence-corrected chi connectivity index (χ1v) is 10.6. The van der Waals surface area contributed by atoms with Gasteiger partial charge in [0, 0.05) is 18.7 Å². The van der Waals surface area contributed by atoms with Gasteiger partial charge in [-0.1, -0.05) is 72.8 Å². The minimum atomic E-state index is -0.496. The van der Waals surface area contributed by atoms with Crippen LogP contribution < -0.4 is 4.90 Å². The van der Waals surface area contributed by atoms with Gasteiger partial charge in [-0.15, -0.1) is 0 Å². The average molecular weight is 400 g/mol. The molecule has 0 radical (unpaired) electrons. The van der Waals surface area contributed by atoms with E-state index in [-0.39, 0.29) is 11.8 Å². The van der Waals surface area contributed by atoms with E-state index < -0.39 is 5.60 Å². The van der Waals surface area contributed by atoms with E-state index in [0.29, 0.717) is 13.0 Å². The molecule has 0 amide bonds. The van der Waals surface area contributed by atoms with E-state index in [9.17, 15) is 4.79 Å². The molecule has 3 heteroatoms. The molecule has 0 bridgehead atoms. The summed E-state index contributed by atoms with van der Waals surface area (Å²) in [6, 6.07) is 27.4. The molecule has 154 valence electrons. The van der Waals surface area contributed by atoms with Gasteiger partial charge in [0.25, 0.3) is 0 Å². The Kier molecular flexibility index (Phi) is 5.74. The Hall–Kier alpha value is -2.91.